The predicted octanol–water partition coefficient (Wildman–Crippen LogP) is 3.56. The molecule has 0 bridgehead atoms. The van der Waals surface area contributed by atoms with Gasteiger partial charge in [0.25, 0.3) is 0 Å². The minimum absolute atomic E-state index is 0.107. The van der Waals surface area contributed by atoms with E-state index in [1.807, 2.05) is 0 Å². The highest BCUT2D eigenvalue weighted by molar-refractivity contribution is 5.69. The topological polar surface area (TPSA) is 37.3 Å². The van der Waals surface area contributed by atoms with Crippen molar-refractivity contribution >= 4 is 5.97 Å². The van der Waals surface area contributed by atoms with Crippen LogP contribution in [0.3, 0.4) is 0 Å². The molecule has 1 N–H and O–H groups in total. The Morgan fingerprint density at radius 3 is 1.93 bits per heavy atom. The first-order valence-corrected chi connectivity index (χ1v) is 5.26. The van der Waals surface area contributed by atoms with Gasteiger partial charge in [0.2, 0.25) is 0 Å². The lowest BCUT2D eigenvalue weighted by molar-refractivity contribution is -0.142. The number of carboxylic acid groups (broad SMARTS) is 1. The van der Waals surface area contributed by atoms with E-state index in [1.54, 1.807) is 6.92 Å². The Morgan fingerprint density at radius 2 is 1.64 bits per heavy atom. The Balaban J connectivity index is 4.27. The lowest BCUT2D eigenvalue weighted by Crippen LogP contribution is -2.25. The first-order valence-electron chi connectivity index (χ1n) is 5.26. The predicted molar refractivity (Wildman–Crippen MR) is 59.3 cm³/mol. The van der Waals surface area contributed by atoms with Crippen LogP contribution in [0.25, 0.3) is 0 Å². The summed E-state index contributed by atoms with van der Waals surface area (Å²) in [6.07, 6.45) is 1.80. The molecule has 0 heterocycles. The van der Waals surface area contributed by atoms with E-state index in [0.29, 0.717) is 0 Å². The monoisotopic (exact) mass is 200 g/mol. The molecule has 1 atom stereocenters. The quantitative estimate of drug-likeness (QED) is 0.753. The maximum absolute atomic E-state index is 10.7. The van der Waals surface area contributed by atoms with E-state index >= 15 is 0 Å². The highest BCUT2D eigenvalue weighted by Crippen LogP contribution is 2.37. The molecule has 0 saturated carbocycles. The minimum atomic E-state index is -0.688. The fraction of sp³-hybridized carbons (Fsp3) is 0.917. The van der Waals surface area contributed by atoms with Gasteiger partial charge < -0.3 is 5.11 Å². The molecule has 0 amide bonds. The Bertz CT molecular complexity index is 199. The van der Waals surface area contributed by atoms with Crippen molar-refractivity contribution in [3.8, 4) is 0 Å². The third-order valence-electron chi connectivity index (χ3n) is 2.29. The third kappa shape index (κ3) is 6.01. The summed E-state index contributed by atoms with van der Waals surface area (Å²) in [6.45, 7) is 12.7. The summed E-state index contributed by atoms with van der Waals surface area (Å²) in [5.41, 5.74) is 0.373. The smallest absolute Gasteiger partial charge is 0.306 e. The van der Waals surface area contributed by atoms with Gasteiger partial charge >= 0.3 is 5.97 Å². The van der Waals surface area contributed by atoms with E-state index in [9.17, 15) is 4.79 Å². The zero-order chi connectivity index (χ0) is 11.6. The van der Waals surface area contributed by atoms with Crippen LogP contribution in [0, 0.1) is 16.7 Å². The zero-order valence-corrected chi connectivity index (χ0v) is 10.3. The van der Waals surface area contributed by atoms with E-state index < -0.39 is 5.97 Å². The number of carbonyl (C=O) groups is 1. The third-order valence-corrected chi connectivity index (χ3v) is 2.29. The van der Waals surface area contributed by atoms with Crippen LogP contribution in [0.15, 0.2) is 0 Å². The molecular weight excluding hydrogens is 176 g/mol. The lowest BCUT2D eigenvalue weighted by Gasteiger charge is -2.33. The van der Waals surface area contributed by atoms with Crippen molar-refractivity contribution in [3.63, 3.8) is 0 Å². The maximum Gasteiger partial charge on any atom is 0.306 e. The van der Waals surface area contributed by atoms with Crippen molar-refractivity contribution in [2.45, 2.75) is 54.4 Å². The lowest BCUT2D eigenvalue weighted by atomic mass is 9.72. The molecule has 84 valence electrons. The van der Waals surface area contributed by atoms with Gasteiger partial charge in [-0.2, -0.15) is 0 Å². The molecule has 0 aromatic rings. The second-order valence-electron chi connectivity index (χ2n) is 6.35. The molecule has 0 spiro atoms. The van der Waals surface area contributed by atoms with Crippen LogP contribution in [-0.2, 0) is 4.79 Å². The summed E-state index contributed by atoms with van der Waals surface area (Å²) in [5.74, 6) is -0.931. The van der Waals surface area contributed by atoms with E-state index in [2.05, 4.69) is 34.6 Å². The van der Waals surface area contributed by atoms with Crippen LogP contribution in [0.2, 0.25) is 0 Å². The van der Waals surface area contributed by atoms with Crippen molar-refractivity contribution in [2.75, 3.05) is 0 Å². The van der Waals surface area contributed by atoms with Crippen LogP contribution in [0.1, 0.15) is 54.4 Å². The molecule has 0 aromatic heterocycles. The van der Waals surface area contributed by atoms with E-state index in [4.69, 9.17) is 5.11 Å². The largest absolute Gasteiger partial charge is 0.481 e. The van der Waals surface area contributed by atoms with Crippen LogP contribution in [0.4, 0.5) is 0 Å². The number of hydrogen-bond donors (Lipinski definition) is 1. The van der Waals surface area contributed by atoms with Gasteiger partial charge in [0.05, 0.1) is 5.92 Å². The Labute approximate surface area is 87.7 Å². The fourth-order valence-corrected chi connectivity index (χ4v) is 2.42. The van der Waals surface area contributed by atoms with E-state index in [0.717, 1.165) is 12.8 Å². The highest BCUT2D eigenvalue weighted by atomic mass is 16.4. The van der Waals surface area contributed by atoms with Crippen LogP contribution in [0.5, 0.6) is 0 Å². The summed E-state index contributed by atoms with van der Waals surface area (Å²) in [7, 11) is 0. The number of hydrogen-bond acceptors (Lipinski definition) is 1. The van der Waals surface area contributed by atoms with Gasteiger partial charge in [0.15, 0.2) is 0 Å². The summed E-state index contributed by atoms with van der Waals surface area (Å²) >= 11 is 0. The summed E-state index contributed by atoms with van der Waals surface area (Å²) in [6, 6.07) is 0. The van der Waals surface area contributed by atoms with Crippen LogP contribution in [-0.4, -0.2) is 11.1 Å². The second kappa shape index (κ2) is 4.33. The second-order valence-corrected chi connectivity index (χ2v) is 6.35. The number of carboxylic acids is 1. The molecule has 0 radical (unpaired) electrons. The summed E-state index contributed by atoms with van der Waals surface area (Å²) < 4.78 is 0. The molecule has 0 aliphatic carbocycles. The average molecular weight is 200 g/mol. The highest BCUT2D eigenvalue weighted by Gasteiger charge is 2.29. The molecule has 0 aliphatic heterocycles. The van der Waals surface area contributed by atoms with Crippen molar-refractivity contribution in [1.29, 1.82) is 0 Å². The molecule has 0 saturated heterocycles. The van der Waals surface area contributed by atoms with E-state index in [1.165, 1.54) is 0 Å². The van der Waals surface area contributed by atoms with Gasteiger partial charge in [-0.3, -0.25) is 4.79 Å². The van der Waals surface area contributed by atoms with Gasteiger partial charge in [0.1, 0.15) is 0 Å². The van der Waals surface area contributed by atoms with Gasteiger partial charge in [-0.15, -0.1) is 0 Å². The molecule has 14 heavy (non-hydrogen) atoms. The average Bonchev–Trinajstić information content (AvgIpc) is 1.78. The summed E-state index contributed by atoms with van der Waals surface area (Å²) in [4.78, 5) is 10.7. The minimum Gasteiger partial charge on any atom is -0.481 e. The van der Waals surface area contributed by atoms with Gasteiger partial charge in [-0.25, -0.2) is 0 Å². The Morgan fingerprint density at radius 1 is 1.21 bits per heavy atom. The SMILES string of the molecule is CC(CC(C)(C)CC(C)(C)C)C(=O)O. The zero-order valence-electron chi connectivity index (χ0n) is 10.3. The first-order chi connectivity index (χ1) is 6.03. The molecule has 0 aliphatic rings. The maximum atomic E-state index is 10.7. The van der Waals surface area contributed by atoms with Crippen molar-refractivity contribution in [1.82, 2.24) is 0 Å². The summed E-state index contributed by atoms with van der Waals surface area (Å²) in [5, 5.41) is 8.84. The Kier molecular flexibility index (Phi) is 4.16. The molecule has 0 rings (SSSR count). The molecule has 0 fully saturated rings. The van der Waals surface area contributed by atoms with Crippen LogP contribution < -0.4 is 0 Å². The van der Waals surface area contributed by atoms with Crippen molar-refractivity contribution in [2.24, 2.45) is 16.7 Å². The number of aliphatic carboxylic acids is 1. The Hall–Kier alpha value is -0.530. The van der Waals surface area contributed by atoms with E-state index in [-0.39, 0.29) is 16.7 Å². The molecule has 2 nitrogen and oxygen atoms in total. The molecule has 2 heteroatoms. The standard InChI is InChI=1S/C12H24O2/c1-9(10(13)14)7-12(5,6)8-11(2,3)4/h9H,7-8H2,1-6H3,(H,13,14). The molecular formula is C12H24O2. The van der Waals surface area contributed by atoms with Crippen molar-refractivity contribution < 1.29 is 9.90 Å². The number of rotatable bonds is 4. The molecule has 1 unspecified atom stereocenters. The van der Waals surface area contributed by atoms with Crippen molar-refractivity contribution in [3.05, 3.63) is 0 Å². The van der Waals surface area contributed by atoms with Gasteiger partial charge in [0, 0.05) is 0 Å². The molecule has 0 aromatic carbocycles. The van der Waals surface area contributed by atoms with Gasteiger partial charge in [-0.1, -0.05) is 41.5 Å². The normalized spacial score (nSPS) is 15.3. The fourth-order valence-electron chi connectivity index (χ4n) is 2.42. The van der Waals surface area contributed by atoms with Crippen LogP contribution >= 0.6 is 0 Å². The van der Waals surface area contributed by atoms with Gasteiger partial charge in [-0.05, 0) is 23.7 Å². The first kappa shape index (κ1) is 13.5.